The van der Waals surface area contributed by atoms with Crippen LogP contribution in [0.2, 0.25) is 0 Å². The van der Waals surface area contributed by atoms with Crippen LogP contribution in [0.5, 0.6) is 0 Å². The summed E-state index contributed by atoms with van der Waals surface area (Å²) in [4.78, 5) is 132. The van der Waals surface area contributed by atoms with Gasteiger partial charge >= 0.3 is 0 Å². The molecule has 146 heavy (non-hydrogen) atoms. The number of aromatic nitrogens is 28. The fourth-order valence-electron chi connectivity index (χ4n) is 16.6. The number of imidazole rings is 4. The van der Waals surface area contributed by atoms with E-state index in [2.05, 4.69) is 131 Å². The number of amides is 2. The first-order valence-electron chi connectivity index (χ1n) is 46.3. The van der Waals surface area contributed by atoms with Gasteiger partial charge in [0.1, 0.15) is 68.6 Å². The molecule has 0 aliphatic heterocycles. The molecule has 716 valence electrons. The van der Waals surface area contributed by atoms with Crippen molar-refractivity contribution in [2.75, 3.05) is 10.6 Å². The molecule has 0 aliphatic carbocycles. The van der Waals surface area contributed by atoms with Gasteiger partial charge in [0.2, 0.25) is 11.8 Å². The number of carbonyl (C=O) groups excluding carboxylic acids is 4. The highest BCUT2D eigenvalue weighted by molar-refractivity contribution is 6.03. The number of carbonyl (C=O) groups is 4. The molecule has 0 spiro atoms. The topological polar surface area (TPSA) is 476 Å². The highest BCUT2D eigenvalue weighted by Crippen LogP contribution is 2.40. The molecule has 0 bridgehead atoms. The number of nitrogens with zero attached hydrogens (tertiary/aromatic N) is 20. The zero-order chi connectivity index (χ0) is 100. The van der Waals surface area contributed by atoms with Gasteiger partial charge < -0.3 is 30.6 Å². The Morgan fingerprint density at radius 1 is 0.295 bits per heavy atom. The number of hydrogen-bond acceptors (Lipinski definition) is 24. The second kappa shape index (κ2) is 40.0. The summed E-state index contributed by atoms with van der Waals surface area (Å²) in [6.07, 6.45) is 31.9. The summed E-state index contributed by atoms with van der Waals surface area (Å²) < 4.78 is 56.7. The molecule has 20 heterocycles. The highest BCUT2D eigenvalue weighted by atomic mass is 19.1. The number of aromatic amines is 8. The van der Waals surface area contributed by atoms with Crippen molar-refractivity contribution >= 4 is 123 Å². The van der Waals surface area contributed by atoms with Gasteiger partial charge in [-0.1, -0.05) is 114 Å². The fraction of sp³-hybridized carbons (Fsp3) is 0.111. The second-order valence-corrected chi connectivity index (χ2v) is 34.9. The van der Waals surface area contributed by atoms with Crippen LogP contribution in [0.15, 0.2) is 269 Å². The molecule has 0 saturated heterocycles. The van der Waals surface area contributed by atoms with Crippen LogP contribution in [0.3, 0.4) is 0 Å². The molecule has 0 saturated carbocycles. The van der Waals surface area contributed by atoms with Gasteiger partial charge in [-0.2, -0.15) is 20.4 Å². The van der Waals surface area contributed by atoms with Crippen LogP contribution in [0.1, 0.15) is 65.8 Å². The number of anilines is 2. The third kappa shape index (κ3) is 19.2. The van der Waals surface area contributed by atoms with Gasteiger partial charge in [-0.05, 0) is 96.1 Å². The Bertz CT molecular complexity index is 9140. The minimum absolute atomic E-state index is 0.0818. The van der Waals surface area contributed by atoms with Gasteiger partial charge in [-0.15, -0.1) is 0 Å². The van der Waals surface area contributed by atoms with Gasteiger partial charge in [0.25, 0.3) is 0 Å². The smallest absolute Gasteiger partial charge is 0.226 e. The molecular weight excluding hydrogens is 1860 g/mol. The minimum Gasteiger partial charge on any atom is -0.335 e. The molecule has 24 aromatic rings. The lowest BCUT2D eigenvalue weighted by atomic mass is 10.1. The number of nitrogens with one attached hydrogen (secondary N) is 10. The van der Waals surface area contributed by atoms with Crippen LogP contribution < -0.4 is 10.6 Å². The first-order chi connectivity index (χ1) is 71.1. The van der Waals surface area contributed by atoms with Gasteiger partial charge in [-0.3, -0.25) is 79.4 Å². The first-order valence-corrected chi connectivity index (χ1v) is 46.3. The summed E-state index contributed by atoms with van der Waals surface area (Å²) in [5, 5.41) is 38.2. The van der Waals surface area contributed by atoms with Crippen LogP contribution >= 0.6 is 0 Å². The van der Waals surface area contributed by atoms with Gasteiger partial charge in [-0.25, -0.2) is 57.4 Å². The van der Waals surface area contributed by atoms with E-state index in [-0.39, 0.29) is 58.5 Å². The van der Waals surface area contributed by atoms with Crippen molar-refractivity contribution in [1.82, 2.24) is 140 Å². The number of ketones is 2. The van der Waals surface area contributed by atoms with Crippen LogP contribution in [-0.4, -0.2) is 164 Å². The average Bonchev–Trinajstić information content (AvgIpc) is 1.62. The van der Waals surface area contributed by atoms with Crippen molar-refractivity contribution < 1.29 is 36.7 Å². The maximum Gasteiger partial charge on any atom is 0.226 e. The molecule has 24 rings (SSSR count). The van der Waals surface area contributed by atoms with Crippen LogP contribution in [0, 0.1) is 35.1 Å². The normalized spacial score (nSPS) is 11.4. The van der Waals surface area contributed by atoms with E-state index < -0.39 is 0 Å². The summed E-state index contributed by atoms with van der Waals surface area (Å²) in [5.41, 5.74) is 24.3. The van der Waals surface area contributed by atoms with E-state index in [9.17, 15) is 36.7 Å². The number of pyridine rings is 12. The zero-order valence-electron chi connectivity index (χ0n) is 78.5. The Kier molecular flexibility index (Phi) is 25.4. The van der Waals surface area contributed by atoms with Crippen molar-refractivity contribution in [3.63, 3.8) is 0 Å². The lowest BCUT2D eigenvalue weighted by Gasteiger charge is -2.09. The van der Waals surface area contributed by atoms with Crippen molar-refractivity contribution in [3.8, 4) is 135 Å². The van der Waals surface area contributed by atoms with Gasteiger partial charge in [0, 0.05) is 201 Å². The number of fused-ring (bicyclic) bond motifs is 8. The van der Waals surface area contributed by atoms with E-state index >= 15 is 0 Å². The molecular formula is C108H82F4N30O4. The largest absolute Gasteiger partial charge is 0.335 e. The molecule has 38 heteroatoms. The summed E-state index contributed by atoms with van der Waals surface area (Å²) in [5.74, 6) is 0.721. The lowest BCUT2D eigenvalue weighted by Crippen LogP contribution is -2.17. The van der Waals surface area contributed by atoms with E-state index in [0.29, 0.717) is 183 Å². The van der Waals surface area contributed by atoms with Crippen molar-refractivity contribution in [1.29, 1.82) is 0 Å². The Morgan fingerprint density at radius 2 is 0.603 bits per heavy atom. The third-order valence-corrected chi connectivity index (χ3v) is 24.4. The molecule has 10 N–H and O–H groups in total. The van der Waals surface area contributed by atoms with E-state index in [1.165, 1.54) is 36.4 Å². The summed E-state index contributed by atoms with van der Waals surface area (Å²) in [7, 11) is 0. The minimum atomic E-state index is -0.345. The predicted octanol–water partition coefficient (Wildman–Crippen LogP) is 21.3. The summed E-state index contributed by atoms with van der Waals surface area (Å²) in [6, 6.07) is 44.9. The quantitative estimate of drug-likeness (QED) is 0.0282. The Hall–Kier alpha value is -19.6. The van der Waals surface area contributed by atoms with Gasteiger partial charge in [0.15, 0.2) is 45.9 Å². The van der Waals surface area contributed by atoms with E-state index in [1.54, 1.807) is 160 Å². The van der Waals surface area contributed by atoms with E-state index in [0.717, 1.165) is 88.5 Å². The number of Topliss-reactive ketones (excluding diaryl/α,β-unsaturated/α-hetero) is 2. The number of halogens is 4. The van der Waals surface area contributed by atoms with Crippen molar-refractivity contribution in [2.45, 2.75) is 67.2 Å². The van der Waals surface area contributed by atoms with Crippen LogP contribution in [0.25, 0.3) is 223 Å². The predicted molar refractivity (Wildman–Crippen MR) is 547 cm³/mol. The highest BCUT2D eigenvalue weighted by Gasteiger charge is 2.26. The summed E-state index contributed by atoms with van der Waals surface area (Å²) >= 11 is 0. The van der Waals surface area contributed by atoms with E-state index in [4.69, 9.17) is 19.9 Å². The molecule has 0 radical (unpaired) electrons. The first kappa shape index (κ1) is 92.8. The SMILES string of the molecule is CC(C)C(=O)Nc1cncc(-c2cnc3n[nH]c(-c4nc5c(-c6cccc(F)c6)cncc5[nH]4)c3c2)c1.CC(C)C(=O)Nc1cncc(-c2cnc3n[nH]c(-c4nc5c(-c6ccccc6F)cncc5[nH]4)c3c2)c1.CCC(=O)Cc1ccc(-c2cnc3n[nH]c(-c4nc5c(-c6cccc(F)c6)cncc5[nH]4)c3c2)cn1.CCC(=O)Cc1ccc(-c2cnc3n[nH]c(-c4nc5c(-c6ccccc6F)cncc5[nH]4)c3c2)cn1. The lowest BCUT2D eigenvalue weighted by molar-refractivity contribution is -0.119. The standard InChI is InChI=1S/2C27H21FN8O.2C27H20FN7O/c1-14(2)27(37)32-19-7-16(9-29-11-19)17-8-20-24(35-36-25(20)31-10-17)26-33-22-13-30-12-21(23(22)34-26)15-4-3-5-18(28)6-15;1-14(2)27(37)32-17-7-15(9-29-11-17)16-8-19-24(35-36-25(19)31-10-16)26-33-22-13-30-12-20(23(22)34-26)18-5-3-4-6-21(18)28;1-2-20(36)10-19-7-6-16(11-30-19)17-9-21-25(34-35-26(21)31-12-17)27-32-23-14-29-13-22(24(23)33-27)15-4-3-5-18(28)8-15;1-2-18(36)10-17-8-7-15(11-30-17)16-9-20-25(34-35-26(20)31-12-16)27-32-23-14-29-13-21(24(23)33-27)19-5-3-4-6-22(19)28/h2*3-14H,1-2H3,(H,32,37)(H,33,34)(H,31,35,36);2*3-9,11-14H,2,10H2,1H3,(H,32,33)(H,31,34,35). The molecule has 0 aliphatic rings. The Balaban J connectivity index is 0.000000114. The monoisotopic (exact) mass is 1940 g/mol. The average molecular weight is 1940 g/mol. The molecule has 0 fully saturated rings. The number of H-pyrrole nitrogens is 8. The molecule has 2 amide bonds. The number of hydrogen-bond donors (Lipinski definition) is 10. The molecule has 4 aromatic carbocycles. The van der Waals surface area contributed by atoms with E-state index in [1.807, 2.05) is 114 Å². The van der Waals surface area contributed by atoms with Crippen molar-refractivity contribution in [2.24, 2.45) is 11.8 Å². The Labute approximate surface area is 824 Å². The third-order valence-electron chi connectivity index (χ3n) is 24.4. The number of benzene rings is 4. The second-order valence-electron chi connectivity index (χ2n) is 34.9. The molecule has 0 unspecified atom stereocenters. The maximum absolute atomic E-state index is 14.5. The number of rotatable bonds is 22. The zero-order valence-corrected chi connectivity index (χ0v) is 78.5. The fourth-order valence-corrected chi connectivity index (χ4v) is 16.6. The summed E-state index contributed by atoms with van der Waals surface area (Å²) in [6.45, 7) is 11.0. The van der Waals surface area contributed by atoms with Gasteiger partial charge in [0.05, 0.1) is 103 Å². The molecule has 34 nitrogen and oxygen atoms in total. The van der Waals surface area contributed by atoms with Crippen LogP contribution in [0.4, 0.5) is 28.9 Å². The van der Waals surface area contributed by atoms with Crippen LogP contribution in [-0.2, 0) is 32.0 Å². The molecule has 0 atom stereocenters. The maximum atomic E-state index is 14.5. The molecule has 20 aromatic heterocycles. The Morgan fingerprint density at radius 3 is 0.918 bits per heavy atom. The van der Waals surface area contributed by atoms with Crippen molar-refractivity contribution in [3.05, 3.63) is 304 Å².